The third-order valence-electron chi connectivity index (χ3n) is 6.45. The van der Waals surface area contributed by atoms with Crippen molar-refractivity contribution in [2.75, 3.05) is 18.4 Å². The number of aromatic nitrogens is 2. The summed E-state index contributed by atoms with van der Waals surface area (Å²) in [7, 11) is 0. The Morgan fingerprint density at radius 3 is 2.59 bits per heavy atom. The average molecular weight is 541 g/mol. The van der Waals surface area contributed by atoms with E-state index in [9.17, 15) is 27.2 Å². The number of aromatic amines is 1. The molecule has 13 heteroatoms. The first-order chi connectivity index (χ1) is 17.5. The smallest absolute Gasteiger partial charge is 0.412 e. The van der Waals surface area contributed by atoms with Crippen molar-refractivity contribution in [2.24, 2.45) is 0 Å². The molecule has 2 aliphatic rings. The number of likely N-dealkylation sites (tertiary alicyclic amines) is 1. The highest BCUT2D eigenvalue weighted by Crippen LogP contribution is 2.45. The van der Waals surface area contributed by atoms with Crippen LogP contribution in [-0.4, -0.2) is 46.1 Å². The van der Waals surface area contributed by atoms with Crippen molar-refractivity contribution in [3.63, 3.8) is 0 Å². The number of ether oxygens (including phenoxy) is 1. The van der Waals surface area contributed by atoms with Gasteiger partial charge < -0.3 is 14.6 Å². The van der Waals surface area contributed by atoms with Gasteiger partial charge in [-0.3, -0.25) is 10.1 Å². The van der Waals surface area contributed by atoms with Gasteiger partial charge in [0.05, 0.1) is 29.0 Å². The average Bonchev–Trinajstić information content (AvgIpc) is 3.30. The molecule has 1 spiro atoms. The Morgan fingerprint density at radius 1 is 1.16 bits per heavy atom. The van der Waals surface area contributed by atoms with Crippen molar-refractivity contribution < 1.29 is 36.3 Å². The van der Waals surface area contributed by atoms with Gasteiger partial charge in [0.25, 0.3) is 5.91 Å². The predicted molar refractivity (Wildman–Crippen MR) is 121 cm³/mol. The van der Waals surface area contributed by atoms with E-state index in [1.807, 2.05) is 0 Å². The number of alkyl halides is 3. The molecule has 0 saturated carbocycles. The minimum Gasteiger partial charge on any atom is -0.436 e. The van der Waals surface area contributed by atoms with E-state index in [4.69, 9.17) is 16.3 Å². The molecule has 0 aliphatic carbocycles. The molecule has 5 rings (SSSR count). The number of carbonyl (C=O) groups is 2. The van der Waals surface area contributed by atoms with Gasteiger partial charge in [0.1, 0.15) is 23.3 Å². The van der Waals surface area contributed by atoms with E-state index in [1.54, 1.807) is 0 Å². The largest absolute Gasteiger partial charge is 0.436 e. The number of carbonyl (C=O) groups excluding carboxylic acids is 2. The van der Waals surface area contributed by atoms with Crippen molar-refractivity contribution >= 4 is 29.3 Å². The number of H-pyrrole nitrogens is 1. The van der Waals surface area contributed by atoms with Gasteiger partial charge in [0.2, 0.25) is 0 Å². The maximum atomic E-state index is 15.1. The first-order valence-corrected chi connectivity index (χ1v) is 11.5. The molecule has 2 N–H and O–H groups in total. The van der Waals surface area contributed by atoms with E-state index >= 15 is 4.39 Å². The number of hydrogen-bond donors (Lipinski definition) is 2. The Labute approximate surface area is 211 Å². The first kappa shape index (κ1) is 25.0. The van der Waals surface area contributed by atoms with Crippen LogP contribution in [0.1, 0.15) is 46.2 Å². The predicted octanol–water partition coefficient (Wildman–Crippen LogP) is 5.73. The quantitative estimate of drug-likeness (QED) is 0.415. The van der Waals surface area contributed by atoms with Crippen LogP contribution in [0.2, 0.25) is 5.02 Å². The molecule has 2 aromatic carbocycles. The van der Waals surface area contributed by atoms with Crippen LogP contribution in [0.25, 0.3) is 0 Å². The van der Waals surface area contributed by atoms with Gasteiger partial charge in [-0.25, -0.2) is 18.6 Å². The van der Waals surface area contributed by atoms with Gasteiger partial charge in [-0.1, -0.05) is 23.7 Å². The summed E-state index contributed by atoms with van der Waals surface area (Å²) in [5.41, 5.74) is -1.88. The summed E-state index contributed by atoms with van der Waals surface area (Å²) < 4.78 is 75.5. The third kappa shape index (κ3) is 4.50. The lowest BCUT2D eigenvalue weighted by Gasteiger charge is -2.45. The van der Waals surface area contributed by atoms with Crippen LogP contribution >= 0.6 is 11.6 Å². The van der Waals surface area contributed by atoms with Crippen LogP contribution < -0.4 is 5.32 Å². The van der Waals surface area contributed by atoms with E-state index in [-0.39, 0.29) is 47.0 Å². The molecule has 7 nitrogen and oxygen atoms in total. The summed E-state index contributed by atoms with van der Waals surface area (Å²) >= 11 is 5.96. The number of piperidine rings is 1. The summed E-state index contributed by atoms with van der Waals surface area (Å²) in [5.74, 6) is -4.99. The second-order valence-corrected chi connectivity index (χ2v) is 9.24. The number of nitrogens with zero attached hydrogens (tertiary/aromatic N) is 2. The number of fused-ring (bicyclic) bond motifs is 2. The van der Waals surface area contributed by atoms with Gasteiger partial charge in [0, 0.05) is 6.54 Å². The summed E-state index contributed by atoms with van der Waals surface area (Å²) in [6, 6.07) is 6.51. The maximum absolute atomic E-state index is 15.1. The third-order valence-corrected chi connectivity index (χ3v) is 6.74. The molecule has 37 heavy (non-hydrogen) atoms. The zero-order valence-electron chi connectivity index (χ0n) is 18.8. The van der Waals surface area contributed by atoms with Crippen LogP contribution in [0.15, 0.2) is 42.6 Å². The highest BCUT2D eigenvalue weighted by Gasteiger charge is 2.49. The molecule has 1 fully saturated rings. The lowest BCUT2D eigenvalue weighted by atomic mass is 9.83. The summed E-state index contributed by atoms with van der Waals surface area (Å²) in [6.45, 7) is -0.0728. The Kier molecular flexibility index (Phi) is 6.09. The number of nitrogens with one attached hydrogen (secondary N) is 2. The highest BCUT2D eigenvalue weighted by atomic mass is 35.5. The fourth-order valence-corrected chi connectivity index (χ4v) is 5.02. The number of hydrogen-bond acceptors (Lipinski definition) is 4. The Hall–Kier alpha value is -3.67. The summed E-state index contributed by atoms with van der Waals surface area (Å²) in [4.78, 5) is 33.0. The van der Waals surface area contributed by atoms with Crippen molar-refractivity contribution in [2.45, 2.75) is 30.5 Å². The van der Waals surface area contributed by atoms with Gasteiger partial charge >= 0.3 is 12.3 Å². The van der Waals surface area contributed by atoms with Gasteiger partial charge in [-0.15, -0.1) is 0 Å². The molecule has 194 valence electrons. The van der Waals surface area contributed by atoms with Gasteiger partial charge in [-0.2, -0.15) is 13.2 Å². The molecule has 1 aromatic heterocycles. The fourth-order valence-electron chi connectivity index (χ4n) is 4.87. The first-order valence-electron chi connectivity index (χ1n) is 11.1. The van der Waals surface area contributed by atoms with Crippen LogP contribution in [0.4, 0.5) is 32.4 Å². The van der Waals surface area contributed by atoms with Crippen molar-refractivity contribution in [3.05, 3.63) is 81.9 Å². The number of rotatable bonds is 3. The number of imidazole rings is 1. The van der Waals surface area contributed by atoms with E-state index in [0.717, 1.165) is 30.5 Å². The Morgan fingerprint density at radius 2 is 1.89 bits per heavy atom. The molecular formula is C24H18ClF5N4O3. The standard InChI is InChI=1S/C24H18ClF5N4O3/c25-14-6-7-15-18(19(14)27)23(37-22(36)33-15)8-1-9-34(11-23)21(35)16-10-31-20(32-16)17(24(28,29)30)12-2-4-13(26)5-3-12/h2-7,10,17H,1,8-9,11H2,(H,31,32)(H,33,36)/t17-,23-/m0/s1. The fraction of sp³-hybridized carbons (Fsp3) is 0.292. The monoisotopic (exact) mass is 540 g/mol. The van der Waals surface area contributed by atoms with Crippen LogP contribution in [0, 0.1) is 11.6 Å². The molecular weight excluding hydrogens is 523 g/mol. The lowest BCUT2D eigenvalue weighted by molar-refractivity contribution is -0.142. The normalized spacial score (nSPS) is 20.3. The van der Waals surface area contributed by atoms with Crippen molar-refractivity contribution in [1.82, 2.24) is 14.9 Å². The van der Waals surface area contributed by atoms with E-state index in [0.29, 0.717) is 6.42 Å². The second-order valence-electron chi connectivity index (χ2n) is 8.83. The number of anilines is 1. The van der Waals surface area contributed by atoms with E-state index in [1.165, 1.54) is 17.0 Å². The SMILES string of the molecule is O=C1Nc2ccc(Cl)c(F)c2[C@@]2(CCCN(C(=O)c3cnc([C@H](c4ccc(F)cc4)C(F)(F)F)[nH]3)C2)O1. The number of amides is 2. The van der Waals surface area contributed by atoms with E-state index in [2.05, 4.69) is 15.3 Å². The van der Waals surface area contributed by atoms with Crippen molar-refractivity contribution in [1.29, 1.82) is 0 Å². The molecule has 3 heterocycles. The van der Waals surface area contributed by atoms with Crippen LogP contribution in [0.3, 0.4) is 0 Å². The second kappa shape index (κ2) is 9.02. The molecule has 0 radical (unpaired) electrons. The highest BCUT2D eigenvalue weighted by molar-refractivity contribution is 6.31. The van der Waals surface area contributed by atoms with E-state index < -0.39 is 47.2 Å². The molecule has 3 aromatic rings. The van der Waals surface area contributed by atoms with Crippen LogP contribution in [0.5, 0.6) is 0 Å². The number of benzene rings is 2. The minimum absolute atomic E-state index is 0.00385. The molecule has 0 bridgehead atoms. The molecule has 2 aliphatic heterocycles. The summed E-state index contributed by atoms with van der Waals surface area (Å²) in [6.07, 6.45) is -4.13. The maximum Gasteiger partial charge on any atom is 0.412 e. The molecule has 2 atom stereocenters. The lowest BCUT2D eigenvalue weighted by Crippen LogP contribution is -2.53. The zero-order valence-corrected chi connectivity index (χ0v) is 19.6. The zero-order chi connectivity index (χ0) is 26.5. The Balaban J connectivity index is 1.45. The van der Waals surface area contributed by atoms with Gasteiger partial charge in [0.15, 0.2) is 11.4 Å². The van der Waals surface area contributed by atoms with Crippen molar-refractivity contribution in [3.8, 4) is 0 Å². The van der Waals surface area contributed by atoms with Gasteiger partial charge in [-0.05, 0) is 42.7 Å². The summed E-state index contributed by atoms with van der Waals surface area (Å²) in [5, 5.41) is 2.22. The molecule has 2 amide bonds. The topological polar surface area (TPSA) is 87.3 Å². The molecule has 0 unspecified atom stereocenters. The minimum atomic E-state index is -4.78. The number of halogens is 6. The molecule has 1 saturated heterocycles. The van der Waals surface area contributed by atoms with Crippen LogP contribution in [-0.2, 0) is 10.3 Å². The Bertz CT molecular complexity index is 1380.